The summed E-state index contributed by atoms with van der Waals surface area (Å²) in [7, 11) is 0. The van der Waals surface area contributed by atoms with E-state index in [1.54, 1.807) is 0 Å². The molecule has 35 heavy (non-hydrogen) atoms. The van der Waals surface area contributed by atoms with E-state index < -0.39 is 18.2 Å². The van der Waals surface area contributed by atoms with Gasteiger partial charge in [-0.05, 0) is 61.4 Å². The number of nitrogens with one attached hydrogen (secondary N) is 2. The van der Waals surface area contributed by atoms with Crippen LogP contribution in [0.1, 0.15) is 52.1 Å². The third-order valence-electron chi connectivity index (χ3n) is 6.67. The van der Waals surface area contributed by atoms with E-state index in [0.717, 1.165) is 41.7 Å². The maximum atomic E-state index is 14.4. The molecule has 2 N–H and O–H groups in total. The number of rotatable bonds is 5. The van der Waals surface area contributed by atoms with Crippen LogP contribution in [0.5, 0.6) is 0 Å². The van der Waals surface area contributed by atoms with Gasteiger partial charge >= 0.3 is 6.18 Å². The third-order valence-corrected chi connectivity index (χ3v) is 8.49. The van der Waals surface area contributed by atoms with E-state index in [4.69, 9.17) is 28.0 Å². The molecule has 5 rings (SSSR count). The molecule has 186 valence electrons. The van der Waals surface area contributed by atoms with Gasteiger partial charge in [0.25, 0.3) is 5.60 Å². The third kappa shape index (κ3) is 4.32. The number of benzene rings is 1. The first kappa shape index (κ1) is 24.5. The lowest BCUT2D eigenvalue weighted by atomic mass is 9.85. The predicted molar refractivity (Wildman–Crippen MR) is 131 cm³/mol. The van der Waals surface area contributed by atoms with Gasteiger partial charge in [0, 0.05) is 27.9 Å². The molecule has 1 aliphatic carbocycles. The number of carbonyl (C=O) groups is 1. The largest absolute Gasteiger partial charge is 0.435 e. The van der Waals surface area contributed by atoms with Crippen molar-refractivity contribution in [1.82, 2.24) is 10.6 Å². The summed E-state index contributed by atoms with van der Waals surface area (Å²) in [6.07, 6.45) is -1.17. The Morgan fingerprint density at radius 2 is 1.89 bits per heavy atom. The van der Waals surface area contributed by atoms with Crippen molar-refractivity contribution in [2.45, 2.75) is 56.3 Å². The van der Waals surface area contributed by atoms with Crippen molar-refractivity contribution in [3.63, 3.8) is 0 Å². The molecule has 1 unspecified atom stereocenters. The van der Waals surface area contributed by atoms with Crippen LogP contribution < -0.4 is 10.6 Å². The van der Waals surface area contributed by atoms with Gasteiger partial charge in [-0.25, -0.2) is 0 Å². The molecule has 2 aliphatic heterocycles. The summed E-state index contributed by atoms with van der Waals surface area (Å²) >= 11 is 13.4. The average molecular weight is 544 g/mol. The minimum Gasteiger partial charge on any atom is -0.374 e. The van der Waals surface area contributed by atoms with E-state index in [0.29, 0.717) is 23.5 Å². The summed E-state index contributed by atoms with van der Waals surface area (Å²) in [5.41, 5.74) is 0.0126. The Hall–Kier alpha value is -2.23. The van der Waals surface area contributed by atoms with Gasteiger partial charge in [0.1, 0.15) is 11.8 Å². The molecule has 3 heterocycles. The second-order valence-corrected chi connectivity index (χ2v) is 10.9. The van der Waals surface area contributed by atoms with Crippen LogP contribution in [-0.4, -0.2) is 30.4 Å². The van der Waals surface area contributed by atoms with Crippen LogP contribution in [0, 0.1) is 0 Å². The zero-order valence-electron chi connectivity index (χ0n) is 18.5. The number of carbonyl (C=O) groups excluding carboxylic acids is 1. The van der Waals surface area contributed by atoms with Crippen molar-refractivity contribution in [3.8, 4) is 0 Å². The van der Waals surface area contributed by atoms with Crippen molar-refractivity contribution in [1.29, 1.82) is 0 Å². The van der Waals surface area contributed by atoms with Crippen LogP contribution in [-0.2, 0) is 28.1 Å². The van der Waals surface area contributed by atoms with Crippen LogP contribution in [0.3, 0.4) is 0 Å². The van der Waals surface area contributed by atoms with E-state index in [1.165, 1.54) is 29.5 Å². The predicted octanol–water partition coefficient (Wildman–Crippen LogP) is 5.96. The SMILES string of the molecule is C=C(N[C@@H]1CCNC1=O)c1sc(C2=NOC(c3cc(Cl)cc(Cl)c3)(C(F)(F)F)C2)c2c1CCCC2. The molecular weight excluding hydrogens is 522 g/mol. The van der Waals surface area contributed by atoms with Crippen molar-refractivity contribution in [3.05, 3.63) is 61.3 Å². The van der Waals surface area contributed by atoms with Gasteiger partial charge in [-0.15, -0.1) is 11.3 Å². The molecule has 1 saturated heterocycles. The maximum Gasteiger partial charge on any atom is 0.435 e. The normalized spacial score (nSPS) is 24.0. The zero-order valence-corrected chi connectivity index (χ0v) is 20.9. The molecule has 0 saturated carbocycles. The molecular formula is C24H22Cl2F3N3O2S. The quantitative estimate of drug-likeness (QED) is 0.488. The van der Waals surface area contributed by atoms with Crippen molar-refractivity contribution < 1.29 is 22.8 Å². The number of thiophene rings is 1. The highest BCUT2D eigenvalue weighted by Gasteiger charge is 2.62. The molecule has 3 aliphatic rings. The van der Waals surface area contributed by atoms with Gasteiger partial charge in [-0.1, -0.05) is 34.9 Å². The Bertz CT molecular complexity index is 1220. The number of alkyl halides is 3. The fourth-order valence-electron chi connectivity index (χ4n) is 4.93. The Morgan fingerprint density at radius 3 is 2.51 bits per heavy atom. The smallest absolute Gasteiger partial charge is 0.374 e. The highest BCUT2D eigenvalue weighted by atomic mass is 35.5. The van der Waals surface area contributed by atoms with Crippen molar-refractivity contribution in [2.24, 2.45) is 5.16 Å². The lowest BCUT2D eigenvalue weighted by molar-refractivity contribution is -0.275. The van der Waals surface area contributed by atoms with Gasteiger partial charge in [-0.3, -0.25) is 4.79 Å². The number of nitrogens with zero attached hydrogens (tertiary/aromatic N) is 1. The number of hydrogen-bond donors (Lipinski definition) is 2. The molecule has 1 aromatic carbocycles. The summed E-state index contributed by atoms with van der Waals surface area (Å²) in [6.45, 7) is 4.74. The highest BCUT2D eigenvalue weighted by Crippen LogP contribution is 2.51. The highest BCUT2D eigenvalue weighted by molar-refractivity contribution is 7.15. The summed E-state index contributed by atoms with van der Waals surface area (Å²) in [5.74, 6) is -0.0829. The summed E-state index contributed by atoms with van der Waals surface area (Å²) in [5, 5.41) is 10.1. The first-order valence-corrected chi connectivity index (χ1v) is 12.8. The van der Waals surface area contributed by atoms with Gasteiger partial charge in [-0.2, -0.15) is 13.2 Å². The number of halogens is 5. The van der Waals surface area contributed by atoms with E-state index in [-0.39, 0.29) is 33.3 Å². The van der Waals surface area contributed by atoms with E-state index >= 15 is 0 Å². The van der Waals surface area contributed by atoms with E-state index in [9.17, 15) is 18.0 Å². The second kappa shape index (κ2) is 9.01. The lowest BCUT2D eigenvalue weighted by Crippen LogP contribution is -2.42. The average Bonchev–Trinajstić information content (AvgIpc) is 3.50. The second-order valence-electron chi connectivity index (χ2n) is 8.97. The number of oxime groups is 1. The molecule has 0 bridgehead atoms. The summed E-state index contributed by atoms with van der Waals surface area (Å²) in [6, 6.07) is 3.43. The molecule has 0 spiro atoms. The number of amides is 1. The minimum atomic E-state index is -4.76. The summed E-state index contributed by atoms with van der Waals surface area (Å²) < 4.78 is 43.3. The fourth-order valence-corrected chi connectivity index (χ4v) is 6.77. The summed E-state index contributed by atoms with van der Waals surface area (Å²) in [4.78, 5) is 18.8. The Kier molecular flexibility index (Phi) is 6.30. The van der Waals surface area contributed by atoms with Crippen LogP contribution in [0.25, 0.3) is 5.70 Å². The van der Waals surface area contributed by atoms with Crippen LogP contribution in [0.4, 0.5) is 13.2 Å². The maximum absolute atomic E-state index is 14.4. The molecule has 11 heteroatoms. The molecule has 2 aromatic rings. The standard InChI is InChI=1S/C24H22Cl2F3N3O2S/c1-12(31-18-6-7-30-22(18)33)20-16-4-2-3-5-17(16)21(35-20)19-11-23(34-32-19,24(27,28)29)13-8-14(25)10-15(26)9-13/h8-10,18,31H,1-7,11H2,(H,30,33)/t18-,23?/m1/s1. The zero-order chi connectivity index (χ0) is 25.0. The molecule has 1 aromatic heterocycles. The first-order chi connectivity index (χ1) is 16.6. The Morgan fingerprint density at radius 1 is 1.20 bits per heavy atom. The fraction of sp³-hybridized carbons (Fsp3) is 0.417. The molecule has 2 atom stereocenters. The molecule has 1 fully saturated rings. The lowest BCUT2D eigenvalue weighted by Gasteiger charge is -2.29. The van der Waals surface area contributed by atoms with E-state index in [1.807, 2.05) is 0 Å². The first-order valence-electron chi connectivity index (χ1n) is 11.3. The number of fused-ring (bicyclic) bond motifs is 1. The molecule has 5 nitrogen and oxygen atoms in total. The molecule has 1 amide bonds. The van der Waals surface area contributed by atoms with Crippen LogP contribution >= 0.6 is 34.5 Å². The topological polar surface area (TPSA) is 62.7 Å². The van der Waals surface area contributed by atoms with Crippen molar-refractivity contribution in [2.75, 3.05) is 6.54 Å². The van der Waals surface area contributed by atoms with Crippen molar-refractivity contribution >= 4 is 51.9 Å². The van der Waals surface area contributed by atoms with Crippen LogP contribution in [0.2, 0.25) is 10.0 Å². The monoisotopic (exact) mass is 543 g/mol. The van der Waals surface area contributed by atoms with Gasteiger partial charge < -0.3 is 15.5 Å². The van der Waals surface area contributed by atoms with Crippen LogP contribution in [0.15, 0.2) is 29.9 Å². The minimum absolute atomic E-state index is 0.0829. The molecule has 0 radical (unpaired) electrons. The Labute approximate surface area is 214 Å². The Balaban J connectivity index is 1.50. The van der Waals surface area contributed by atoms with Gasteiger partial charge in [0.2, 0.25) is 5.91 Å². The van der Waals surface area contributed by atoms with Gasteiger partial charge in [0.05, 0.1) is 16.2 Å². The van der Waals surface area contributed by atoms with Gasteiger partial charge in [0.15, 0.2) is 0 Å². The number of hydrogen-bond acceptors (Lipinski definition) is 5. The van der Waals surface area contributed by atoms with E-state index in [2.05, 4.69) is 22.4 Å².